The summed E-state index contributed by atoms with van der Waals surface area (Å²) in [5.41, 5.74) is 15.2. The summed E-state index contributed by atoms with van der Waals surface area (Å²) in [7, 11) is 2.49. The van der Waals surface area contributed by atoms with Gasteiger partial charge in [-0.05, 0) is 48.2 Å². The minimum atomic E-state index is -0.366. The average Bonchev–Trinajstić information content (AvgIpc) is 2.71. The van der Waals surface area contributed by atoms with Crippen LogP contribution < -0.4 is 22.3 Å². The summed E-state index contributed by atoms with van der Waals surface area (Å²) < 4.78 is 14.1. The topological polar surface area (TPSA) is 97.8 Å². The second-order valence-electron chi connectivity index (χ2n) is 7.80. The Morgan fingerprint density at radius 3 is 2.55 bits per heavy atom. The van der Waals surface area contributed by atoms with E-state index in [0.717, 1.165) is 36.4 Å². The molecule has 2 atom stereocenters. The van der Waals surface area contributed by atoms with Crippen LogP contribution in [-0.2, 0) is 0 Å². The zero-order valence-electron chi connectivity index (χ0n) is 18.4. The molecule has 31 heavy (non-hydrogen) atoms. The van der Waals surface area contributed by atoms with Gasteiger partial charge in [-0.3, -0.25) is 9.78 Å². The maximum atomic E-state index is 14.1. The highest BCUT2D eigenvalue weighted by molar-refractivity contribution is 7.27. The van der Waals surface area contributed by atoms with Gasteiger partial charge in [0.15, 0.2) is 0 Å². The Morgan fingerprint density at radius 2 is 2.00 bits per heavy atom. The number of benzene rings is 1. The number of aromatic nitrogens is 2. The van der Waals surface area contributed by atoms with Crippen LogP contribution in [0.15, 0.2) is 52.7 Å². The highest BCUT2D eigenvalue weighted by Gasteiger charge is 2.23. The van der Waals surface area contributed by atoms with Crippen LogP contribution in [0.3, 0.4) is 0 Å². The summed E-state index contributed by atoms with van der Waals surface area (Å²) in [6.45, 7) is 6.50. The summed E-state index contributed by atoms with van der Waals surface area (Å²) in [6.07, 6.45) is 15.1. The van der Waals surface area contributed by atoms with Crippen LogP contribution in [0.2, 0.25) is 0 Å². The number of aromatic amines is 1. The normalized spacial score (nSPS) is 16.1. The van der Waals surface area contributed by atoms with Crippen molar-refractivity contribution in [3.05, 3.63) is 75.4 Å². The summed E-state index contributed by atoms with van der Waals surface area (Å²) in [4.78, 5) is 18.0. The summed E-state index contributed by atoms with van der Waals surface area (Å²) in [6, 6.07) is 4.81. The van der Waals surface area contributed by atoms with E-state index in [-0.39, 0.29) is 17.3 Å². The van der Waals surface area contributed by atoms with Crippen molar-refractivity contribution in [2.24, 2.45) is 17.4 Å². The molecule has 1 aliphatic rings. The first kappa shape index (κ1) is 26.1. The molecule has 166 valence electrons. The molecule has 0 aliphatic heterocycles. The van der Waals surface area contributed by atoms with E-state index in [2.05, 4.69) is 52.8 Å². The molecule has 0 bridgehead atoms. The van der Waals surface area contributed by atoms with Gasteiger partial charge in [-0.2, -0.15) is 0 Å². The van der Waals surface area contributed by atoms with Gasteiger partial charge in [-0.15, -0.1) is 22.1 Å². The molecule has 0 saturated heterocycles. The quantitative estimate of drug-likeness (QED) is 0.497. The maximum absolute atomic E-state index is 14.1. The molecule has 1 aliphatic carbocycles. The first-order chi connectivity index (χ1) is 14.7. The lowest BCUT2D eigenvalue weighted by Gasteiger charge is -2.24. The third-order valence-corrected chi connectivity index (χ3v) is 4.88. The van der Waals surface area contributed by atoms with E-state index in [9.17, 15) is 9.18 Å². The zero-order chi connectivity index (χ0) is 23.6. The van der Waals surface area contributed by atoms with Crippen LogP contribution >= 0.6 is 9.24 Å². The number of hydrogen-bond acceptors (Lipinski definition) is 4. The van der Waals surface area contributed by atoms with E-state index < -0.39 is 0 Å². The Kier molecular flexibility index (Phi) is 10.7. The van der Waals surface area contributed by atoms with Crippen molar-refractivity contribution in [3.8, 4) is 12.8 Å². The standard InChI is InChI=1S/C18H20FN4OP.C4H10.C2H2/c19-12-5-2-6-15(25)17(12)13(20)7-10-3-1-4-11(18(10)21)14-8-23-16(24)9-22-14;1-4(2)3;1-2/h2,5-9,11H,1,3-4,20-21,25H2,(H,23,24);4H,1-3H3;1-2H/b13-7-;;. The fourth-order valence-corrected chi connectivity index (χ4v) is 3.55. The van der Waals surface area contributed by atoms with Gasteiger partial charge in [0.2, 0.25) is 0 Å². The molecule has 2 unspecified atom stereocenters. The number of nitrogens with two attached hydrogens (primary N) is 2. The average molecular weight is 443 g/mol. The van der Waals surface area contributed by atoms with Gasteiger partial charge in [0.1, 0.15) is 5.82 Å². The first-order valence-corrected chi connectivity index (χ1v) is 10.7. The zero-order valence-corrected chi connectivity index (χ0v) is 19.5. The van der Waals surface area contributed by atoms with Gasteiger partial charge >= 0.3 is 0 Å². The van der Waals surface area contributed by atoms with Gasteiger partial charge in [0.25, 0.3) is 5.56 Å². The minimum Gasteiger partial charge on any atom is -0.401 e. The van der Waals surface area contributed by atoms with E-state index in [4.69, 9.17) is 11.5 Å². The fourth-order valence-electron chi connectivity index (χ4n) is 3.13. The van der Waals surface area contributed by atoms with Crippen molar-refractivity contribution in [1.82, 2.24) is 9.97 Å². The third kappa shape index (κ3) is 7.70. The molecule has 1 aromatic heterocycles. The number of rotatable bonds is 3. The smallest absolute Gasteiger partial charge is 0.266 e. The van der Waals surface area contributed by atoms with E-state index in [1.807, 2.05) is 0 Å². The monoisotopic (exact) mass is 442 g/mol. The SMILES string of the molecule is C#C.CC(C)C.NC1=C(/C=C(\N)c2c(F)cccc2P)CCCC1c1c[nH]c(=O)cn1. The lowest BCUT2D eigenvalue weighted by atomic mass is 9.84. The van der Waals surface area contributed by atoms with Gasteiger partial charge < -0.3 is 16.5 Å². The van der Waals surface area contributed by atoms with Crippen LogP contribution in [-0.4, -0.2) is 9.97 Å². The number of H-pyrrole nitrogens is 1. The number of terminal acetylenes is 1. The second-order valence-corrected chi connectivity index (χ2v) is 8.42. The van der Waals surface area contributed by atoms with Gasteiger partial charge in [-0.25, -0.2) is 4.39 Å². The van der Waals surface area contributed by atoms with Crippen molar-refractivity contribution in [2.45, 2.75) is 46.0 Å². The lowest BCUT2D eigenvalue weighted by Crippen LogP contribution is -2.20. The molecule has 0 fully saturated rings. The number of hydrogen-bond donors (Lipinski definition) is 3. The van der Waals surface area contributed by atoms with Crippen LogP contribution in [0.1, 0.15) is 57.2 Å². The van der Waals surface area contributed by atoms with Crippen LogP contribution in [0.5, 0.6) is 0 Å². The molecule has 5 nitrogen and oxygen atoms in total. The summed E-state index contributed by atoms with van der Waals surface area (Å²) >= 11 is 0. The summed E-state index contributed by atoms with van der Waals surface area (Å²) in [5, 5.41) is 0.697. The van der Waals surface area contributed by atoms with E-state index in [0.29, 0.717) is 22.3 Å². The Hall–Kier alpha value is -2.90. The molecular formula is C24H32FN4OP. The van der Waals surface area contributed by atoms with Gasteiger partial charge in [-0.1, -0.05) is 32.9 Å². The largest absolute Gasteiger partial charge is 0.401 e. The molecule has 5 N–H and O–H groups in total. The maximum Gasteiger partial charge on any atom is 0.266 e. The second kappa shape index (κ2) is 12.7. The van der Waals surface area contributed by atoms with Crippen LogP contribution in [0.25, 0.3) is 5.70 Å². The predicted molar refractivity (Wildman–Crippen MR) is 131 cm³/mol. The fraction of sp³-hybridized carbons (Fsp3) is 0.333. The number of nitrogens with zero attached hydrogens (tertiary/aromatic N) is 1. The molecule has 3 rings (SSSR count). The minimum absolute atomic E-state index is 0.0826. The molecule has 0 amide bonds. The molecule has 1 heterocycles. The molecule has 2 aromatic rings. The Labute approximate surface area is 186 Å². The Balaban J connectivity index is 0.000000720. The highest BCUT2D eigenvalue weighted by atomic mass is 31.0. The van der Waals surface area contributed by atoms with Gasteiger partial charge in [0, 0.05) is 29.1 Å². The first-order valence-electron chi connectivity index (χ1n) is 10.1. The Morgan fingerprint density at radius 1 is 1.35 bits per heavy atom. The molecule has 7 heteroatoms. The molecule has 1 aromatic carbocycles. The number of halogens is 1. The predicted octanol–water partition coefficient (Wildman–Crippen LogP) is 3.80. The van der Waals surface area contributed by atoms with Crippen LogP contribution in [0.4, 0.5) is 4.39 Å². The van der Waals surface area contributed by atoms with Crippen molar-refractivity contribution >= 4 is 20.2 Å². The van der Waals surface area contributed by atoms with Crippen molar-refractivity contribution in [2.75, 3.05) is 0 Å². The van der Waals surface area contributed by atoms with Crippen molar-refractivity contribution in [3.63, 3.8) is 0 Å². The lowest BCUT2D eigenvalue weighted by molar-refractivity contribution is 0.589. The van der Waals surface area contributed by atoms with Crippen molar-refractivity contribution < 1.29 is 4.39 Å². The highest BCUT2D eigenvalue weighted by Crippen LogP contribution is 2.34. The molecule has 0 saturated carbocycles. The van der Waals surface area contributed by atoms with Gasteiger partial charge in [0.05, 0.1) is 11.9 Å². The van der Waals surface area contributed by atoms with Crippen molar-refractivity contribution in [1.29, 1.82) is 0 Å². The van der Waals surface area contributed by atoms with E-state index in [1.165, 1.54) is 12.3 Å². The number of allylic oxidation sites excluding steroid dienone is 3. The Bertz CT molecular complexity index is 965. The molecular weight excluding hydrogens is 410 g/mol. The summed E-state index contributed by atoms with van der Waals surface area (Å²) in [5.74, 6) is 0.385. The van der Waals surface area contributed by atoms with E-state index in [1.54, 1.807) is 24.4 Å². The number of nitrogens with one attached hydrogen (secondary N) is 1. The molecule has 0 radical (unpaired) electrons. The molecule has 0 spiro atoms. The van der Waals surface area contributed by atoms with Crippen LogP contribution in [0, 0.1) is 24.6 Å². The van der Waals surface area contributed by atoms with E-state index >= 15 is 0 Å². The third-order valence-electron chi connectivity index (χ3n) is 4.40.